The molecule has 0 aromatic carbocycles. The molecule has 198 valence electrons. The van der Waals surface area contributed by atoms with Gasteiger partial charge in [0.15, 0.2) is 6.10 Å². The number of amides is 1. The van der Waals surface area contributed by atoms with Crippen molar-refractivity contribution in [3.05, 3.63) is 0 Å². The van der Waals surface area contributed by atoms with Gasteiger partial charge < -0.3 is 36.0 Å². The molecule has 0 rings (SSSR count). The van der Waals surface area contributed by atoms with E-state index in [9.17, 15) is 30.3 Å². The second-order valence-electron chi connectivity index (χ2n) is 9.26. The van der Waals surface area contributed by atoms with Crippen molar-refractivity contribution < 1.29 is 35.4 Å². The fourth-order valence-electron chi connectivity index (χ4n) is 3.87. The van der Waals surface area contributed by atoms with Crippen molar-refractivity contribution in [1.82, 2.24) is 5.32 Å². The maximum absolute atomic E-state index is 11.9. The fraction of sp³-hybridized carbons (Fsp3) is 0.960. The molecule has 1 amide bonds. The van der Waals surface area contributed by atoms with Crippen LogP contribution in [0.3, 0.4) is 0 Å². The largest absolute Gasteiger partial charge is 0.394 e. The molecule has 5 atom stereocenters. The quantitative estimate of drug-likeness (QED) is 0.111. The summed E-state index contributed by atoms with van der Waals surface area (Å²) in [6.45, 7) is 1.77. The summed E-state index contributed by atoms with van der Waals surface area (Å²) >= 11 is 0. The van der Waals surface area contributed by atoms with Crippen LogP contribution in [0.2, 0.25) is 0 Å². The molecule has 0 saturated carbocycles. The molecule has 33 heavy (non-hydrogen) atoms. The summed E-state index contributed by atoms with van der Waals surface area (Å²) in [5, 5.41) is 59.4. The van der Waals surface area contributed by atoms with Crippen molar-refractivity contribution in [2.75, 3.05) is 13.2 Å². The summed E-state index contributed by atoms with van der Waals surface area (Å²) in [6, 6.07) is 0. The predicted octanol–water partition coefficient (Wildman–Crippen LogP) is 2.16. The van der Waals surface area contributed by atoms with E-state index < -0.39 is 43.0 Å². The number of rotatable bonds is 23. The Morgan fingerprint density at radius 2 is 1.00 bits per heavy atom. The Morgan fingerprint density at radius 3 is 1.39 bits per heavy atom. The van der Waals surface area contributed by atoms with E-state index in [0.29, 0.717) is 6.54 Å². The van der Waals surface area contributed by atoms with Crippen LogP contribution < -0.4 is 5.32 Å². The van der Waals surface area contributed by atoms with Crippen molar-refractivity contribution in [2.24, 2.45) is 0 Å². The second kappa shape index (κ2) is 21.7. The molecule has 0 saturated heterocycles. The Morgan fingerprint density at radius 1 is 0.606 bits per heavy atom. The zero-order valence-electron chi connectivity index (χ0n) is 20.7. The van der Waals surface area contributed by atoms with Crippen molar-refractivity contribution in [1.29, 1.82) is 0 Å². The van der Waals surface area contributed by atoms with Crippen LogP contribution in [0.5, 0.6) is 0 Å². The highest BCUT2D eigenvalue weighted by Crippen LogP contribution is 2.14. The fourth-order valence-corrected chi connectivity index (χ4v) is 3.87. The molecular formula is C25H51NO7. The smallest absolute Gasteiger partial charge is 0.251 e. The standard InChI is InChI=1S/C25H51NO7/c1-2-3-4-5-6-7-8-9-10-11-12-13-14-15-16-17-18-26-25(33)24(32)23(31)22(30)21(29)20(28)19-27/h20-24,27-32H,2-19H2,1H3,(H,26,33)/t20-,21+,22-,23-,24-/m1/s1. The van der Waals surface area contributed by atoms with Gasteiger partial charge in [-0.1, -0.05) is 103 Å². The van der Waals surface area contributed by atoms with E-state index in [4.69, 9.17) is 5.11 Å². The van der Waals surface area contributed by atoms with Gasteiger partial charge in [0.25, 0.3) is 5.91 Å². The molecule has 0 aromatic heterocycles. The van der Waals surface area contributed by atoms with Crippen molar-refractivity contribution in [3.8, 4) is 0 Å². The molecule has 8 heteroatoms. The van der Waals surface area contributed by atoms with Crippen LogP contribution in [0.1, 0.15) is 110 Å². The third-order valence-electron chi connectivity index (χ3n) is 6.20. The van der Waals surface area contributed by atoms with Gasteiger partial charge in [-0.2, -0.15) is 0 Å². The minimum Gasteiger partial charge on any atom is -0.394 e. The summed E-state index contributed by atoms with van der Waals surface area (Å²) in [7, 11) is 0. The van der Waals surface area contributed by atoms with Gasteiger partial charge in [0.05, 0.1) is 6.61 Å². The number of aliphatic hydroxyl groups is 6. The number of carbonyl (C=O) groups excluding carboxylic acids is 1. The lowest BCUT2D eigenvalue weighted by molar-refractivity contribution is -0.156. The maximum atomic E-state index is 11.9. The maximum Gasteiger partial charge on any atom is 0.251 e. The predicted molar refractivity (Wildman–Crippen MR) is 130 cm³/mol. The van der Waals surface area contributed by atoms with Crippen LogP contribution in [0, 0.1) is 0 Å². The highest BCUT2D eigenvalue weighted by molar-refractivity contribution is 5.81. The minimum atomic E-state index is -1.98. The minimum absolute atomic E-state index is 0.346. The second-order valence-corrected chi connectivity index (χ2v) is 9.26. The molecule has 0 aromatic rings. The van der Waals surface area contributed by atoms with E-state index in [1.54, 1.807) is 0 Å². The number of unbranched alkanes of at least 4 members (excludes halogenated alkanes) is 15. The summed E-state index contributed by atoms with van der Waals surface area (Å²) in [4.78, 5) is 11.9. The first-order valence-electron chi connectivity index (χ1n) is 13.2. The molecule has 0 aliphatic rings. The Labute approximate surface area is 200 Å². The van der Waals surface area contributed by atoms with E-state index in [1.165, 1.54) is 83.5 Å². The van der Waals surface area contributed by atoms with Crippen LogP contribution in [0.4, 0.5) is 0 Å². The molecule has 0 aliphatic carbocycles. The van der Waals surface area contributed by atoms with E-state index >= 15 is 0 Å². The molecule has 0 aliphatic heterocycles. The zero-order valence-corrected chi connectivity index (χ0v) is 20.7. The van der Waals surface area contributed by atoms with Gasteiger partial charge in [-0.25, -0.2) is 0 Å². The lowest BCUT2D eigenvalue weighted by Gasteiger charge is -2.27. The van der Waals surface area contributed by atoms with E-state index in [2.05, 4.69) is 12.2 Å². The zero-order chi connectivity index (χ0) is 24.9. The Bertz CT molecular complexity index is 452. The van der Waals surface area contributed by atoms with Gasteiger partial charge in [0, 0.05) is 6.54 Å². The van der Waals surface area contributed by atoms with Crippen LogP contribution in [0.15, 0.2) is 0 Å². The summed E-state index contributed by atoms with van der Waals surface area (Å²) in [6.07, 6.45) is 10.6. The summed E-state index contributed by atoms with van der Waals surface area (Å²) in [5.41, 5.74) is 0. The first-order valence-corrected chi connectivity index (χ1v) is 13.2. The highest BCUT2D eigenvalue weighted by atomic mass is 16.4. The first-order chi connectivity index (χ1) is 15.9. The summed E-state index contributed by atoms with van der Waals surface area (Å²) < 4.78 is 0. The molecule has 0 fully saturated rings. The number of nitrogens with one attached hydrogen (secondary N) is 1. The molecule has 0 radical (unpaired) electrons. The molecule has 8 nitrogen and oxygen atoms in total. The van der Waals surface area contributed by atoms with E-state index in [1.807, 2.05) is 0 Å². The monoisotopic (exact) mass is 477 g/mol. The van der Waals surface area contributed by atoms with Crippen LogP contribution >= 0.6 is 0 Å². The molecule has 0 unspecified atom stereocenters. The Balaban J connectivity index is 3.58. The normalized spacial score (nSPS) is 16.2. The number of aliphatic hydroxyl groups excluding tert-OH is 6. The first kappa shape index (κ1) is 32.2. The van der Waals surface area contributed by atoms with Gasteiger partial charge in [-0.15, -0.1) is 0 Å². The summed E-state index contributed by atoms with van der Waals surface area (Å²) in [5.74, 6) is -0.854. The third kappa shape index (κ3) is 16.5. The van der Waals surface area contributed by atoms with Gasteiger partial charge in [0.2, 0.25) is 0 Å². The lowest BCUT2D eigenvalue weighted by atomic mass is 9.99. The van der Waals surface area contributed by atoms with Crippen molar-refractivity contribution in [3.63, 3.8) is 0 Å². The number of hydrogen-bond acceptors (Lipinski definition) is 7. The molecule has 0 spiro atoms. The Kier molecular flexibility index (Phi) is 21.2. The van der Waals surface area contributed by atoms with Gasteiger partial charge in [-0.3, -0.25) is 4.79 Å². The molecule has 0 bridgehead atoms. The lowest BCUT2D eigenvalue weighted by Crippen LogP contribution is -2.54. The number of hydrogen-bond donors (Lipinski definition) is 7. The van der Waals surface area contributed by atoms with Gasteiger partial charge in [0.1, 0.15) is 24.4 Å². The van der Waals surface area contributed by atoms with Crippen LogP contribution in [0.25, 0.3) is 0 Å². The van der Waals surface area contributed by atoms with Crippen LogP contribution in [-0.4, -0.2) is 80.2 Å². The molecule has 7 N–H and O–H groups in total. The molecule has 0 heterocycles. The van der Waals surface area contributed by atoms with E-state index in [0.717, 1.165) is 19.3 Å². The Hall–Kier alpha value is -0.770. The topological polar surface area (TPSA) is 150 Å². The van der Waals surface area contributed by atoms with Gasteiger partial charge >= 0.3 is 0 Å². The van der Waals surface area contributed by atoms with E-state index in [-0.39, 0.29) is 0 Å². The average Bonchev–Trinajstić information content (AvgIpc) is 2.83. The SMILES string of the molecule is CCCCCCCCCCCCCCCCCCNC(=O)[C@H](O)[C@H](O)[C@H](O)[C@@H](O)[C@H](O)CO. The van der Waals surface area contributed by atoms with Gasteiger partial charge in [-0.05, 0) is 6.42 Å². The van der Waals surface area contributed by atoms with Crippen LogP contribution in [-0.2, 0) is 4.79 Å². The number of carbonyl (C=O) groups is 1. The average molecular weight is 478 g/mol. The van der Waals surface area contributed by atoms with Crippen molar-refractivity contribution >= 4 is 5.91 Å². The highest BCUT2D eigenvalue weighted by Gasteiger charge is 2.36. The molecular weight excluding hydrogens is 426 g/mol. The van der Waals surface area contributed by atoms with Crippen molar-refractivity contribution in [2.45, 2.75) is 140 Å². The third-order valence-corrected chi connectivity index (χ3v) is 6.20.